The molecule has 4 aliphatic rings. The first-order chi connectivity index (χ1) is 9.42. The molecule has 0 heterocycles. The number of hydrogen-bond acceptors (Lipinski definition) is 0. The molecule has 0 amide bonds. The average molecular weight is 276 g/mol. The molecule has 0 aliphatic heterocycles. The van der Waals surface area contributed by atoms with Gasteiger partial charge in [-0.1, -0.05) is 35.5 Å². The molecule has 0 saturated carbocycles. The van der Waals surface area contributed by atoms with Crippen molar-refractivity contribution in [3.8, 4) is 0 Å². The van der Waals surface area contributed by atoms with Crippen molar-refractivity contribution < 1.29 is 20.3 Å². The van der Waals surface area contributed by atoms with Gasteiger partial charge in [-0.15, -0.1) is 0 Å². The monoisotopic (exact) mass is 276 g/mol. The molecular formula is C18H25LiSi. The molecule has 0 N–H and O–H groups in total. The first-order valence-corrected chi connectivity index (χ1v) is 9.85. The van der Waals surface area contributed by atoms with Gasteiger partial charge in [0.15, 0.2) is 0 Å². The summed E-state index contributed by atoms with van der Waals surface area (Å²) in [5.74, 6) is 0. The van der Waals surface area contributed by atoms with Crippen molar-refractivity contribution in [2.75, 3.05) is 0 Å². The average Bonchev–Trinajstić information content (AvgIpc) is 3.05. The van der Waals surface area contributed by atoms with Gasteiger partial charge in [-0.2, -0.15) is 0 Å². The number of allylic oxidation sites excluding steroid dienone is 8. The van der Waals surface area contributed by atoms with Crippen LogP contribution in [0.4, 0.5) is 0 Å². The minimum absolute atomic E-state index is 0. The Kier molecular flexibility index (Phi) is 4.60. The minimum atomic E-state index is -0.0565. The Morgan fingerprint density at radius 2 is 1.20 bits per heavy atom. The third-order valence-electron chi connectivity index (χ3n) is 5.57. The smallest absolute Gasteiger partial charge is 1.00 e. The van der Waals surface area contributed by atoms with Gasteiger partial charge in [-0.3, -0.25) is 0 Å². The third-order valence-corrected chi connectivity index (χ3v) is 8.12. The largest absolute Gasteiger partial charge is 1.00 e. The Morgan fingerprint density at radius 3 is 1.70 bits per heavy atom. The van der Waals surface area contributed by atoms with E-state index >= 15 is 0 Å². The summed E-state index contributed by atoms with van der Waals surface area (Å²) in [4.78, 5) is 0. The standard InChI is InChI=1S/C18H24Si.Li.H/c1-3-7-15-13(5-1)9-11-17(15)19-18-12-10-14-6-2-4-8-16(14)18;;/h9-12,17-18H,1-8,19H2;;/q;+1;-1. The van der Waals surface area contributed by atoms with Crippen LogP contribution in [-0.4, -0.2) is 9.52 Å². The summed E-state index contributed by atoms with van der Waals surface area (Å²) in [6.45, 7) is 0. The molecule has 0 aromatic carbocycles. The molecule has 102 valence electrons. The van der Waals surface area contributed by atoms with Crippen LogP contribution < -0.4 is 18.9 Å². The van der Waals surface area contributed by atoms with Gasteiger partial charge in [-0.05, 0) is 73.6 Å². The van der Waals surface area contributed by atoms with E-state index in [2.05, 4.69) is 24.3 Å². The van der Waals surface area contributed by atoms with E-state index in [-0.39, 0.29) is 29.8 Å². The van der Waals surface area contributed by atoms with Gasteiger partial charge in [-0.25, -0.2) is 0 Å². The zero-order valence-corrected chi connectivity index (χ0v) is 14.2. The normalized spacial score (nSPS) is 32.0. The second-order valence-corrected chi connectivity index (χ2v) is 8.91. The summed E-state index contributed by atoms with van der Waals surface area (Å²) in [7, 11) is -0.0565. The van der Waals surface area contributed by atoms with Crippen molar-refractivity contribution in [1.82, 2.24) is 0 Å². The first kappa shape index (κ1) is 14.7. The van der Waals surface area contributed by atoms with E-state index in [0.29, 0.717) is 0 Å². The van der Waals surface area contributed by atoms with Crippen molar-refractivity contribution in [3.05, 3.63) is 46.6 Å². The number of rotatable bonds is 2. The van der Waals surface area contributed by atoms with Crippen LogP contribution >= 0.6 is 0 Å². The summed E-state index contributed by atoms with van der Waals surface area (Å²) in [5, 5.41) is 0. The van der Waals surface area contributed by atoms with Crippen molar-refractivity contribution in [3.63, 3.8) is 0 Å². The van der Waals surface area contributed by atoms with E-state index in [1.165, 1.54) is 51.4 Å². The van der Waals surface area contributed by atoms with Gasteiger partial charge >= 0.3 is 18.9 Å². The fourth-order valence-corrected chi connectivity index (χ4v) is 7.18. The van der Waals surface area contributed by atoms with Gasteiger partial charge < -0.3 is 1.43 Å². The molecule has 4 aliphatic carbocycles. The molecule has 0 spiro atoms. The van der Waals surface area contributed by atoms with Gasteiger partial charge in [0.2, 0.25) is 0 Å². The molecule has 20 heavy (non-hydrogen) atoms. The third kappa shape index (κ3) is 2.61. The van der Waals surface area contributed by atoms with Crippen molar-refractivity contribution in [2.24, 2.45) is 0 Å². The van der Waals surface area contributed by atoms with Crippen LogP contribution in [0.1, 0.15) is 52.8 Å². The molecule has 0 nitrogen and oxygen atoms in total. The number of hydrogen-bond donors (Lipinski definition) is 0. The molecule has 2 heteroatoms. The molecule has 4 rings (SSSR count). The second kappa shape index (κ2) is 6.26. The van der Waals surface area contributed by atoms with Gasteiger partial charge in [0, 0.05) is 9.52 Å². The molecule has 0 radical (unpaired) electrons. The van der Waals surface area contributed by atoms with Crippen LogP contribution in [0, 0.1) is 0 Å². The summed E-state index contributed by atoms with van der Waals surface area (Å²) in [6, 6.07) is 0. The Balaban J connectivity index is 0.000000807. The molecule has 0 aromatic rings. The molecule has 2 unspecified atom stereocenters. The molecule has 0 aromatic heterocycles. The summed E-state index contributed by atoms with van der Waals surface area (Å²) in [6.07, 6.45) is 21.4. The van der Waals surface area contributed by atoms with Crippen LogP contribution in [-0.2, 0) is 0 Å². The molecular weight excluding hydrogens is 251 g/mol. The fourth-order valence-electron chi connectivity index (χ4n) is 4.54. The molecule has 2 atom stereocenters. The van der Waals surface area contributed by atoms with Crippen molar-refractivity contribution in [2.45, 2.75) is 62.4 Å². The quantitative estimate of drug-likeness (QED) is 0.674. The van der Waals surface area contributed by atoms with Crippen LogP contribution in [0.3, 0.4) is 0 Å². The van der Waals surface area contributed by atoms with Crippen molar-refractivity contribution in [1.29, 1.82) is 0 Å². The molecule has 0 saturated heterocycles. The van der Waals surface area contributed by atoms with Crippen LogP contribution in [0.5, 0.6) is 0 Å². The van der Waals surface area contributed by atoms with Crippen LogP contribution in [0.2, 0.25) is 11.1 Å². The zero-order chi connectivity index (χ0) is 12.7. The predicted octanol–water partition coefficient (Wildman–Crippen LogP) is 1.73. The Hall–Kier alpha value is -0.226. The zero-order valence-electron chi connectivity index (χ0n) is 13.8. The van der Waals surface area contributed by atoms with E-state index < -0.39 is 0 Å². The van der Waals surface area contributed by atoms with E-state index in [1.807, 2.05) is 11.1 Å². The Labute approximate surface area is 139 Å². The van der Waals surface area contributed by atoms with E-state index in [0.717, 1.165) is 11.1 Å². The maximum atomic E-state index is 2.57. The van der Waals surface area contributed by atoms with Crippen molar-refractivity contribution >= 4 is 9.52 Å². The Bertz CT molecular complexity index is 469. The summed E-state index contributed by atoms with van der Waals surface area (Å²) in [5.41, 5.74) is 8.97. The van der Waals surface area contributed by atoms with Crippen LogP contribution in [0.25, 0.3) is 0 Å². The maximum Gasteiger partial charge on any atom is 1.00 e. The van der Waals surface area contributed by atoms with Gasteiger partial charge in [0.25, 0.3) is 0 Å². The molecule has 0 bridgehead atoms. The SMILES string of the molecule is C1=CC([SiH2]C2C=CC3=C2CCCC3)C2=C1CCCC2.[H-].[Li+]. The molecule has 0 fully saturated rings. The minimum Gasteiger partial charge on any atom is -1.00 e. The van der Waals surface area contributed by atoms with E-state index in [4.69, 9.17) is 0 Å². The van der Waals surface area contributed by atoms with E-state index in [9.17, 15) is 0 Å². The van der Waals surface area contributed by atoms with Crippen LogP contribution in [0.15, 0.2) is 46.6 Å². The summed E-state index contributed by atoms with van der Waals surface area (Å²) >= 11 is 0. The topological polar surface area (TPSA) is 0 Å². The first-order valence-electron chi connectivity index (χ1n) is 8.22. The Morgan fingerprint density at radius 1 is 0.750 bits per heavy atom. The van der Waals surface area contributed by atoms with Gasteiger partial charge in [0.1, 0.15) is 0 Å². The fraction of sp³-hybridized carbons (Fsp3) is 0.556. The second-order valence-electron chi connectivity index (χ2n) is 6.68. The van der Waals surface area contributed by atoms with Gasteiger partial charge in [0.05, 0.1) is 0 Å². The van der Waals surface area contributed by atoms with E-state index in [1.54, 1.807) is 11.1 Å². The summed E-state index contributed by atoms with van der Waals surface area (Å²) < 4.78 is 0. The predicted molar refractivity (Wildman–Crippen MR) is 86.4 cm³/mol. The maximum absolute atomic E-state index is 2.57.